The first-order valence-electron chi connectivity index (χ1n) is 9.99. The van der Waals surface area contributed by atoms with Gasteiger partial charge in [-0.05, 0) is 60.5 Å². The van der Waals surface area contributed by atoms with Crippen molar-refractivity contribution in [1.29, 1.82) is 0 Å². The van der Waals surface area contributed by atoms with Gasteiger partial charge in [-0.3, -0.25) is 10.1 Å². The fourth-order valence-electron chi connectivity index (χ4n) is 3.04. The highest BCUT2D eigenvalue weighted by Gasteiger charge is 2.08. The molecule has 0 unspecified atom stereocenters. The summed E-state index contributed by atoms with van der Waals surface area (Å²) in [4.78, 5) is 17.9. The van der Waals surface area contributed by atoms with Gasteiger partial charge in [0.1, 0.15) is 6.61 Å². The lowest BCUT2D eigenvalue weighted by Gasteiger charge is -2.12. The molecular weight excluding hydrogens is 410 g/mol. The molecule has 9 heteroatoms. The van der Waals surface area contributed by atoms with Crippen LogP contribution in [0, 0.1) is 10.1 Å². The Morgan fingerprint density at radius 3 is 2.66 bits per heavy atom. The molecular formula is C23H21N5O4. The van der Waals surface area contributed by atoms with E-state index in [1.54, 1.807) is 24.4 Å². The summed E-state index contributed by atoms with van der Waals surface area (Å²) in [5.41, 5.74) is 6.36. The van der Waals surface area contributed by atoms with Crippen LogP contribution in [0.3, 0.4) is 0 Å². The summed E-state index contributed by atoms with van der Waals surface area (Å²) in [6, 6.07) is 19.5. The molecule has 1 aromatic heterocycles. The van der Waals surface area contributed by atoms with Crippen molar-refractivity contribution in [3.05, 3.63) is 88.0 Å². The van der Waals surface area contributed by atoms with Crippen LogP contribution in [0.1, 0.15) is 18.1 Å². The molecule has 0 saturated heterocycles. The summed E-state index contributed by atoms with van der Waals surface area (Å²) in [5.74, 6) is 1.71. The van der Waals surface area contributed by atoms with E-state index in [1.807, 2.05) is 43.3 Å². The van der Waals surface area contributed by atoms with Crippen molar-refractivity contribution in [3.63, 3.8) is 0 Å². The van der Waals surface area contributed by atoms with Gasteiger partial charge in [-0.25, -0.2) is 10.4 Å². The number of aromatic nitrogens is 2. The second-order valence-electron chi connectivity index (χ2n) is 6.82. The van der Waals surface area contributed by atoms with E-state index < -0.39 is 4.92 Å². The fourth-order valence-corrected chi connectivity index (χ4v) is 3.04. The van der Waals surface area contributed by atoms with Crippen molar-refractivity contribution in [1.82, 2.24) is 9.97 Å². The minimum atomic E-state index is -0.429. The van der Waals surface area contributed by atoms with Gasteiger partial charge in [0.05, 0.1) is 28.8 Å². The molecule has 2 N–H and O–H groups in total. The van der Waals surface area contributed by atoms with Crippen molar-refractivity contribution in [3.8, 4) is 11.5 Å². The van der Waals surface area contributed by atoms with Crippen LogP contribution in [0.25, 0.3) is 11.0 Å². The maximum atomic E-state index is 10.8. The van der Waals surface area contributed by atoms with E-state index in [1.165, 1.54) is 12.1 Å². The minimum Gasteiger partial charge on any atom is -0.490 e. The zero-order chi connectivity index (χ0) is 22.3. The van der Waals surface area contributed by atoms with E-state index in [0.717, 1.165) is 22.2 Å². The monoisotopic (exact) mass is 431 g/mol. The first kappa shape index (κ1) is 20.9. The number of benzene rings is 3. The Kier molecular flexibility index (Phi) is 6.26. The quantitative estimate of drug-likeness (QED) is 0.221. The smallest absolute Gasteiger partial charge is 0.269 e. The molecule has 0 atom stereocenters. The predicted octanol–water partition coefficient (Wildman–Crippen LogP) is 4.89. The van der Waals surface area contributed by atoms with Crippen molar-refractivity contribution < 1.29 is 14.4 Å². The van der Waals surface area contributed by atoms with Crippen LogP contribution in [-0.4, -0.2) is 27.7 Å². The molecule has 0 saturated carbocycles. The molecule has 4 aromatic rings. The van der Waals surface area contributed by atoms with Gasteiger partial charge in [0.2, 0.25) is 5.95 Å². The van der Waals surface area contributed by atoms with E-state index in [2.05, 4.69) is 20.5 Å². The molecule has 0 spiro atoms. The summed E-state index contributed by atoms with van der Waals surface area (Å²) < 4.78 is 11.6. The van der Waals surface area contributed by atoms with Crippen LogP contribution in [-0.2, 0) is 6.61 Å². The van der Waals surface area contributed by atoms with Gasteiger partial charge in [-0.2, -0.15) is 5.10 Å². The zero-order valence-electron chi connectivity index (χ0n) is 17.3. The SMILES string of the molecule is CCOc1cc(/C=N/Nc2nc3ccccc3[nH]2)ccc1OCc1ccc([N+](=O)[O-])cc1. The first-order chi connectivity index (χ1) is 15.6. The highest BCUT2D eigenvalue weighted by molar-refractivity contribution is 5.82. The minimum absolute atomic E-state index is 0.0450. The normalized spacial score (nSPS) is 11.0. The van der Waals surface area contributed by atoms with Crippen LogP contribution < -0.4 is 14.9 Å². The average molecular weight is 431 g/mol. The summed E-state index contributed by atoms with van der Waals surface area (Å²) in [7, 11) is 0. The van der Waals surface area contributed by atoms with Gasteiger partial charge < -0.3 is 14.5 Å². The largest absolute Gasteiger partial charge is 0.490 e. The molecule has 0 radical (unpaired) electrons. The molecule has 0 fully saturated rings. The third-order valence-electron chi connectivity index (χ3n) is 4.58. The maximum absolute atomic E-state index is 10.8. The molecule has 0 aliphatic heterocycles. The fraction of sp³-hybridized carbons (Fsp3) is 0.130. The maximum Gasteiger partial charge on any atom is 0.269 e. The number of nitrogens with one attached hydrogen (secondary N) is 2. The summed E-state index contributed by atoms with van der Waals surface area (Å²) in [6.45, 7) is 2.63. The number of hydrogen-bond acceptors (Lipinski definition) is 7. The summed E-state index contributed by atoms with van der Waals surface area (Å²) >= 11 is 0. The predicted molar refractivity (Wildman–Crippen MR) is 122 cm³/mol. The third-order valence-corrected chi connectivity index (χ3v) is 4.58. The Morgan fingerprint density at radius 1 is 1.09 bits per heavy atom. The second-order valence-corrected chi connectivity index (χ2v) is 6.82. The van der Waals surface area contributed by atoms with Gasteiger partial charge in [0.15, 0.2) is 11.5 Å². The van der Waals surface area contributed by atoms with E-state index in [4.69, 9.17) is 9.47 Å². The van der Waals surface area contributed by atoms with Gasteiger partial charge in [-0.1, -0.05) is 12.1 Å². The number of rotatable bonds is 9. The second kappa shape index (κ2) is 9.61. The molecule has 0 aliphatic rings. The Balaban J connectivity index is 1.42. The molecule has 9 nitrogen and oxygen atoms in total. The van der Waals surface area contributed by atoms with Crippen molar-refractivity contribution in [2.24, 2.45) is 5.10 Å². The van der Waals surface area contributed by atoms with Crippen molar-refractivity contribution in [2.75, 3.05) is 12.0 Å². The van der Waals surface area contributed by atoms with E-state index in [0.29, 0.717) is 24.1 Å². The number of aromatic amines is 1. The molecule has 0 aliphatic carbocycles. The van der Waals surface area contributed by atoms with Gasteiger partial charge >= 0.3 is 0 Å². The number of hydrogen-bond donors (Lipinski definition) is 2. The van der Waals surface area contributed by atoms with Crippen LogP contribution in [0.15, 0.2) is 71.8 Å². The number of H-pyrrole nitrogens is 1. The standard InChI is InChI=1S/C23H21N5O4/c1-2-31-22-13-17(14-24-27-23-25-19-5-3-4-6-20(19)26-23)9-12-21(22)32-15-16-7-10-18(11-8-16)28(29)30/h3-14H,2,15H2,1H3,(H2,25,26,27)/b24-14+. The lowest BCUT2D eigenvalue weighted by molar-refractivity contribution is -0.384. The first-order valence-corrected chi connectivity index (χ1v) is 9.99. The Labute approximate surface area is 183 Å². The Morgan fingerprint density at radius 2 is 1.91 bits per heavy atom. The number of imidazole rings is 1. The van der Waals surface area contributed by atoms with Gasteiger partial charge in [0, 0.05) is 12.1 Å². The number of para-hydroxylation sites is 2. The number of nitrogens with zero attached hydrogens (tertiary/aromatic N) is 3. The summed E-state index contributed by atoms with van der Waals surface area (Å²) in [6.07, 6.45) is 1.66. The van der Waals surface area contributed by atoms with E-state index in [9.17, 15) is 10.1 Å². The van der Waals surface area contributed by atoms with Gasteiger partial charge in [0.25, 0.3) is 5.69 Å². The molecule has 4 rings (SSSR count). The molecule has 0 bridgehead atoms. The van der Waals surface area contributed by atoms with Crippen LogP contribution in [0.5, 0.6) is 11.5 Å². The Bertz CT molecular complexity index is 1220. The average Bonchev–Trinajstić information content (AvgIpc) is 3.22. The van der Waals surface area contributed by atoms with Crippen molar-refractivity contribution >= 4 is 28.9 Å². The lowest BCUT2D eigenvalue weighted by Crippen LogP contribution is -2.01. The molecule has 3 aromatic carbocycles. The number of nitro groups is 1. The van der Waals surface area contributed by atoms with Crippen LogP contribution in [0.2, 0.25) is 0 Å². The molecule has 32 heavy (non-hydrogen) atoms. The lowest BCUT2D eigenvalue weighted by atomic mass is 10.2. The third kappa shape index (κ3) is 5.01. The van der Waals surface area contributed by atoms with Crippen LogP contribution >= 0.6 is 0 Å². The number of hydrazone groups is 1. The van der Waals surface area contributed by atoms with Crippen molar-refractivity contribution in [2.45, 2.75) is 13.5 Å². The highest BCUT2D eigenvalue weighted by Crippen LogP contribution is 2.29. The number of anilines is 1. The zero-order valence-corrected chi connectivity index (χ0v) is 17.3. The molecule has 1 heterocycles. The number of non-ortho nitro benzene ring substituents is 1. The Hall–Kier alpha value is -4.40. The van der Waals surface area contributed by atoms with E-state index in [-0.39, 0.29) is 12.3 Å². The van der Waals surface area contributed by atoms with Crippen LogP contribution in [0.4, 0.5) is 11.6 Å². The molecule has 162 valence electrons. The summed E-state index contributed by atoms with van der Waals surface area (Å²) in [5, 5.41) is 15.0. The van der Waals surface area contributed by atoms with E-state index >= 15 is 0 Å². The molecule has 0 amide bonds. The number of nitro benzene ring substituents is 1. The van der Waals surface area contributed by atoms with Gasteiger partial charge in [-0.15, -0.1) is 0 Å². The highest BCUT2D eigenvalue weighted by atomic mass is 16.6. The number of fused-ring (bicyclic) bond motifs is 1. The topological polar surface area (TPSA) is 115 Å². The number of ether oxygens (including phenoxy) is 2.